The minimum Gasteiger partial charge on any atom is -0.318 e. The van der Waals surface area contributed by atoms with Crippen molar-refractivity contribution >= 4 is 11.0 Å². The van der Waals surface area contributed by atoms with E-state index in [4.69, 9.17) is 0 Å². The molecule has 2 rings (SSSR count). The summed E-state index contributed by atoms with van der Waals surface area (Å²) in [6.45, 7) is 4.14. The summed E-state index contributed by atoms with van der Waals surface area (Å²) < 4.78 is 0. The molecule has 0 amide bonds. The summed E-state index contributed by atoms with van der Waals surface area (Å²) in [5.74, 6) is 0.369. The van der Waals surface area contributed by atoms with Crippen molar-refractivity contribution in [2.45, 2.75) is 19.8 Å². The Morgan fingerprint density at radius 2 is 2.07 bits per heavy atom. The Hall–Kier alpha value is -1.71. The van der Waals surface area contributed by atoms with Crippen LogP contribution in [-0.4, -0.2) is 15.0 Å². The van der Waals surface area contributed by atoms with E-state index in [2.05, 4.69) is 28.8 Å². The van der Waals surface area contributed by atoms with Crippen LogP contribution >= 0.6 is 0 Å². The van der Waals surface area contributed by atoms with Crippen molar-refractivity contribution in [3.05, 3.63) is 34.5 Å². The average molecular weight is 189 g/mol. The number of pyridine rings is 1. The Morgan fingerprint density at radius 3 is 2.79 bits per heavy atom. The van der Waals surface area contributed by atoms with Crippen molar-refractivity contribution in [3.63, 3.8) is 0 Å². The molecule has 0 spiro atoms. The Kier molecular flexibility index (Phi) is 2.04. The summed E-state index contributed by atoms with van der Waals surface area (Å²) >= 11 is 0. The van der Waals surface area contributed by atoms with Gasteiger partial charge in [0.2, 0.25) is 0 Å². The van der Waals surface area contributed by atoms with Gasteiger partial charge in [-0.25, -0.2) is 4.98 Å². The van der Waals surface area contributed by atoms with Crippen LogP contribution in [-0.2, 0) is 0 Å². The maximum Gasteiger partial charge on any atom is 0.266 e. The molecule has 2 aromatic rings. The smallest absolute Gasteiger partial charge is 0.266 e. The van der Waals surface area contributed by atoms with Crippen molar-refractivity contribution in [2.24, 2.45) is 0 Å². The van der Waals surface area contributed by atoms with Gasteiger partial charge in [-0.3, -0.25) is 9.78 Å². The van der Waals surface area contributed by atoms with Crippen molar-refractivity contribution in [3.8, 4) is 0 Å². The fourth-order valence-corrected chi connectivity index (χ4v) is 1.27. The SMILES string of the molecule is CC(C)c1cc2ncc(=O)[nH]c2cn1. The molecule has 0 atom stereocenters. The Morgan fingerprint density at radius 1 is 1.29 bits per heavy atom. The van der Waals surface area contributed by atoms with Crippen LogP contribution in [0.5, 0.6) is 0 Å². The third kappa shape index (κ3) is 1.51. The molecule has 0 saturated carbocycles. The normalized spacial score (nSPS) is 11.1. The van der Waals surface area contributed by atoms with Crippen molar-refractivity contribution in [1.82, 2.24) is 15.0 Å². The molecule has 0 aliphatic carbocycles. The van der Waals surface area contributed by atoms with Crippen LogP contribution in [0.3, 0.4) is 0 Å². The minimum absolute atomic E-state index is 0.198. The molecule has 72 valence electrons. The fraction of sp³-hybridized carbons (Fsp3) is 0.300. The van der Waals surface area contributed by atoms with E-state index in [1.807, 2.05) is 6.07 Å². The standard InChI is InChI=1S/C10H11N3O/c1-6(2)7-3-8-9(4-11-7)13-10(14)5-12-8/h3-6H,1-2H3,(H,13,14). The number of hydrogen-bond acceptors (Lipinski definition) is 3. The highest BCUT2D eigenvalue weighted by atomic mass is 16.1. The zero-order valence-corrected chi connectivity index (χ0v) is 8.11. The van der Waals surface area contributed by atoms with Crippen LogP contribution in [0.4, 0.5) is 0 Å². The highest BCUT2D eigenvalue weighted by Gasteiger charge is 2.03. The van der Waals surface area contributed by atoms with E-state index in [0.29, 0.717) is 11.4 Å². The predicted octanol–water partition coefficient (Wildman–Crippen LogP) is 1.44. The van der Waals surface area contributed by atoms with E-state index in [1.165, 1.54) is 6.20 Å². The molecule has 2 heterocycles. The molecule has 0 aliphatic rings. The van der Waals surface area contributed by atoms with Gasteiger partial charge in [-0.1, -0.05) is 13.8 Å². The maximum atomic E-state index is 11.0. The first-order valence-electron chi connectivity index (χ1n) is 4.52. The van der Waals surface area contributed by atoms with Gasteiger partial charge < -0.3 is 4.98 Å². The Balaban J connectivity index is 2.67. The largest absolute Gasteiger partial charge is 0.318 e. The summed E-state index contributed by atoms with van der Waals surface area (Å²) in [5.41, 5.74) is 2.25. The number of nitrogens with one attached hydrogen (secondary N) is 1. The van der Waals surface area contributed by atoms with Gasteiger partial charge >= 0.3 is 0 Å². The zero-order valence-electron chi connectivity index (χ0n) is 8.11. The van der Waals surface area contributed by atoms with Gasteiger partial charge in [0, 0.05) is 5.69 Å². The highest BCUT2D eigenvalue weighted by Crippen LogP contribution is 2.14. The van der Waals surface area contributed by atoms with Crippen LogP contribution in [0.25, 0.3) is 11.0 Å². The lowest BCUT2D eigenvalue weighted by molar-refractivity contribution is 0.824. The summed E-state index contributed by atoms with van der Waals surface area (Å²) in [6, 6.07) is 1.90. The number of aromatic nitrogens is 3. The molecule has 4 nitrogen and oxygen atoms in total. The highest BCUT2D eigenvalue weighted by molar-refractivity contribution is 5.72. The second-order valence-corrected chi connectivity index (χ2v) is 3.53. The molecule has 0 bridgehead atoms. The minimum atomic E-state index is -0.198. The molecule has 0 aromatic carbocycles. The van der Waals surface area contributed by atoms with Crippen molar-refractivity contribution < 1.29 is 0 Å². The predicted molar refractivity (Wildman–Crippen MR) is 54.2 cm³/mol. The molecule has 0 unspecified atom stereocenters. The molecular weight excluding hydrogens is 178 g/mol. The fourth-order valence-electron chi connectivity index (χ4n) is 1.27. The third-order valence-electron chi connectivity index (χ3n) is 2.07. The second kappa shape index (κ2) is 3.21. The Labute approximate surface area is 81.0 Å². The lowest BCUT2D eigenvalue weighted by atomic mass is 10.1. The van der Waals surface area contributed by atoms with E-state index in [9.17, 15) is 4.79 Å². The van der Waals surface area contributed by atoms with E-state index < -0.39 is 0 Å². The number of rotatable bonds is 1. The summed E-state index contributed by atoms with van der Waals surface area (Å²) in [4.78, 5) is 21.9. The van der Waals surface area contributed by atoms with Crippen LogP contribution in [0.15, 0.2) is 23.3 Å². The van der Waals surface area contributed by atoms with E-state index in [-0.39, 0.29) is 5.56 Å². The number of H-pyrrole nitrogens is 1. The number of nitrogens with zero attached hydrogens (tertiary/aromatic N) is 2. The summed E-state index contributed by atoms with van der Waals surface area (Å²) in [7, 11) is 0. The molecule has 0 radical (unpaired) electrons. The van der Waals surface area contributed by atoms with Gasteiger partial charge in [-0.05, 0) is 12.0 Å². The van der Waals surface area contributed by atoms with Crippen molar-refractivity contribution in [1.29, 1.82) is 0 Å². The first-order valence-corrected chi connectivity index (χ1v) is 4.52. The van der Waals surface area contributed by atoms with E-state index >= 15 is 0 Å². The number of fused-ring (bicyclic) bond motifs is 1. The first kappa shape index (κ1) is 8.87. The van der Waals surface area contributed by atoms with Gasteiger partial charge in [-0.2, -0.15) is 0 Å². The van der Waals surface area contributed by atoms with Gasteiger partial charge in [0.15, 0.2) is 0 Å². The molecule has 14 heavy (non-hydrogen) atoms. The molecule has 0 fully saturated rings. The van der Waals surface area contributed by atoms with Gasteiger partial charge in [-0.15, -0.1) is 0 Å². The molecule has 0 saturated heterocycles. The third-order valence-corrected chi connectivity index (χ3v) is 2.07. The zero-order chi connectivity index (χ0) is 10.1. The average Bonchev–Trinajstić information content (AvgIpc) is 2.16. The topological polar surface area (TPSA) is 58.6 Å². The first-order chi connectivity index (χ1) is 6.66. The van der Waals surface area contributed by atoms with E-state index in [0.717, 1.165) is 11.2 Å². The Bertz CT molecular complexity index is 516. The lowest BCUT2D eigenvalue weighted by Crippen LogP contribution is -2.05. The van der Waals surface area contributed by atoms with Crippen LogP contribution in [0, 0.1) is 0 Å². The van der Waals surface area contributed by atoms with Gasteiger partial charge in [0.25, 0.3) is 5.56 Å². The summed E-state index contributed by atoms with van der Waals surface area (Å²) in [6.07, 6.45) is 2.94. The van der Waals surface area contributed by atoms with Crippen LogP contribution in [0.1, 0.15) is 25.5 Å². The van der Waals surface area contributed by atoms with Crippen LogP contribution in [0.2, 0.25) is 0 Å². The summed E-state index contributed by atoms with van der Waals surface area (Å²) in [5, 5.41) is 0. The molecule has 2 aromatic heterocycles. The van der Waals surface area contributed by atoms with Gasteiger partial charge in [0.05, 0.1) is 23.4 Å². The monoisotopic (exact) mass is 189 g/mol. The lowest BCUT2D eigenvalue weighted by Gasteiger charge is -2.04. The molecular formula is C10H11N3O. The van der Waals surface area contributed by atoms with Crippen LogP contribution < -0.4 is 5.56 Å². The number of hydrogen-bond donors (Lipinski definition) is 1. The van der Waals surface area contributed by atoms with E-state index in [1.54, 1.807) is 6.20 Å². The number of aromatic amines is 1. The van der Waals surface area contributed by atoms with Crippen molar-refractivity contribution in [2.75, 3.05) is 0 Å². The molecule has 0 aliphatic heterocycles. The quantitative estimate of drug-likeness (QED) is 0.738. The molecule has 1 N–H and O–H groups in total. The second-order valence-electron chi connectivity index (χ2n) is 3.53. The maximum absolute atomic E-state index is 11.0. The van der Waals surface area contributed by atoms with Gasteiger partial charge in [0.1, 0.15) is 0 Å². The molecule has 4 heteroatoms.